The van der Waals surface area contributed by atoms with E-state index in [1.807, 2.05) is 12.1 Å². The molecule has 1 amide bonds. The van der Waals surface area contributed by atoms with Crippen LogP contribution in [0.1, 0.15) is 39.2 Å². The SMILES string of the molecule is CCOC(Cc1ccc(OCCN(CCCCOc2cc(Cl)cc(Cl)c2)C(=O)OC(C)C)cc1)C(=O)O. The molecule has 0 fully saturated rings. The zero-order chi connectivity index (χ0) is 27.2. The molecule has 0 bridgehead atoms. The monoisotopic (exact) mass is 555 g/mol. The first-order valence-electron chi connectivity index (χ1n) is 12.3. The van der Waals surface area contributed by atoms with Gasteiger partial charge in [-0.3, -0.25) is 0 Å². The van der Waals surface area contributed by atoms with Crippen molar-refractivity contribution in [2.45, 2.75) is 52.2 Å². The highest BCUT2D eigenvalue weighted by atomic mass is 35.5. The molecule has 0 aliphatic carbocycles. The largest absolute Gasteiger partial charge is 0.493 e. The molecule has 0 saturated heterocycles. The van der Waals surface area contributed by atoms with Gasteiger partial charge in [-0.2, -0.15) is 0 Å². The lowest BCUT2D eigenvalue weighted by Gasteiger charge is -2.23. The molecule has 37 heavy (non-hydrogen) atoms. The summed E-state index contributed by atoms with van der Waals surface area (Å²) in [4.78, 5) is 25.4. The van der Waals surface area contributed by atoms with Crippen LogP contribution in [0.25, 0.3) is 0 Å². The number of carbonyl (C=O) groups excluding carboxylic acids is 1. The molecular weight excluding hydrogens is 521 g/mol. The van der Waals surface area contributed by atoms with Crippen LogP contribution in [0.2, 0.25) is 10.0 Å². The molecule has 10 heteroatoms. The van der Waals surface area contributed by atoms with Gasteiger partial charge in [-0.15, -0.1) is 0 Å². The summed E-state index contributed by atoms with van der Waals surface area (Å²) in [7, 11) is 0. The van der Waals surface area contributed by atoms with Crippen LogP contribution in [0.4, 0.5) is 4.79 Å². The number of hydrogen-bond acceptors (Lipinski definition) is 6. The molecule has 0 aromatic heterocycles. The molecule has 1 N–H and O–H groups in total. The van der Waals surface area contributed by atoms with Gasteiger partial charge in [-0.1, -0.05) is 35.3 Å². The van der Waals surface area contributed by atoms with Gasteiger partial charge in [0.05, 0.1) is 19.3 Å². The van der Waals surface area contributed by atoms with Gasteiger partial charge in [-0.05, 0) is 69.5 Å². The Balaban J connectivity index is 1.81. The lowest BCUT2D eigenvalue weighted by Crippen LogP contribution is -2.37. The summed E-state index contributed by atoms with van der Waals surface area (Å²) < 4.78 is 22.1. The maximum Gasteiger partial charge on any atom is 0.410 e. The molecule has 0 spiro atoms. The molecule has 2 rings (SSSR count). The molecule has 1 atom stereocenters. The first-order valence-corrected chi connectivity index (χ1v) is 13.0. The number of aliphatic carboxylic acids is 1. The number of unbranched alkanes of at least 4 members (excludes halogenated alkanes) is 1. The molecule has 8 nitrogen and oxygen atoms in total. The van der Waals surface area contributed by atoms with Crippen molar-refractivity contribution in [3.8, 4) is 11.5 Å². The van der Waals surface area contributed by atoms with Crippen LogP contribution in [-0.4, -0.2) is 67.2 Å². The van der Waals surface area contributed by atoms with Crippen molar-refractivity contribution in [1.82, 2.24) is 4.90 Å². The van der Waals surface area contributed by atoms with E-state index in [-0.39, 0.29) is 19.1 Å². The summed E-state index contributed by atoms with van der Waals surface area (Å²) in [6, 6.07) is 12.2. The highest BCUT2D eigenvalue weighted by molar-refractivity contribution is 6.34. The van der Waals surface area contributed by atoms with Crippen LogP contribution >= 0.6 is 23.2 Å². The molecule has 1 unspecified atom stereocenters. The van der Waals surface area contributed by atoms with Crippen LogP contribution in [0, 0.1) is 0 Å². The second-order valence-electron chi connectivity index (χ2n) is 8.56. The van der Waals surface area contributed by atoms with Crippen molar-refractivity contribution in [3.05, 3.63) is 58.1 Å². The minimum Gasteiger partial charge on any atom is -0.493 e. The molecule has 0 aliphatic heterocycles. The van der Waals surface area contributed by atoms with Crippen molar-refractivity contribution in [1.29, 1.82) is 0 Å². The highest BCUT2D eigenvalue weighted by Gasteiger charge is 2.18. The quantitative estimate of drug-likeness (QED) is 0.249. The predicted octanol–water partition coefficient (Wildman–Crippen LogP) is 6.11. The van der Waals surface area contributed by atoms with Crippen LogP contribution in [0.3, 0.4) is 0 Å². The number of carbonyl (C=O) groups is 2. The Labute approximate surface area is 228 Å². The summed E-state index contributed by atoms with van der Waals surface area (Å²) in [5, 5.41) is 10.3. The standard InChI is InChI=1S/C27H35Cl2NO7/c1-4-34-25(26(31)32)15-20-7-9-23(10-8-20)36-14-12-30(27(33)37-19(2)3)11-5-6-13-35-24-17-21(28)16-22(29)18-24/h7-10,16-19,25H,4-6,11-15H2,1-3H3,(H,31,32). The number of ether oxygens (including phenoxy) is 4. The molecule has 0 aliphatic rings. The van der Waals surface area contributed by atoms with Gasteiger partial charge in [0.25, 0.3) is 0 Å². The normalized spacial score (nSPS) is 11.7. The number of rotatable bonds is 16. The third-order valence-electron chi connectivity index (χ3n) is 5.14. The number of halogens is 2. The summed E-state index contributed by atoms with van der Waals surface area (Å²) in [5.41, 5.74) is 0.831. The van der Waals surface area contributed by atoms with E-state index in [2.05, 4.69) is 0 Å². The maximum absolute atomic E-state index is 12.5. The van der Waals surface area contributed by atoms with E-state index in [0.717, 1.165) is 12.0 Å². The van der Waals surface area contributed by atoms with Gasteiger partial charge < -0.3 is 29.0 Å². The van der Waals surface area contributed by atoms with E-state index >= 15 is 0 Å². The maximum atomic E-state index is 12.5. The van der Waals surface area contributed by atoms with E-state index in [9.17, 15) is 14.7 Å². The third kappa shape index (κ3) is 11.9. The molecular formula is C27H35Cl2NO7. The zero-order valence-electron chi connectivity index (χ0n) is 21.5. The summed E-state index contributed by atoms with van der Waals surface area (Å²) in [6.45, 7) is 7.28. The Bertz CT molecular complexity index is 965. The number of hydrogen-bond donors (Lipinski definition) is 1. The number of amides is 1. The summed E-state index contributed by atoms with van der Waals surface area (Å²) in [5.74, 6) is 0.234. The topological polar surface area (TPSA) is 94.5 Å². The third-order valence-corrected chi connectivity index (χ3v) is 5.58. The molecule has 0 heterocycles. The van der Waals surface area contributed by atoms with E-state index < -0.39 is 18.2 Å². The van der Waals surface area contributed by atoms with Crippen LogP contribution in [-0.2, 0) is 20.7 Å². The first kappa shape index (κ1) is 30.5. The number of carboxylic acid groups (broad SMARTS) is 1. The van der Waals surface area contributed by atoms with Gasteiger partial charge in [-0.25, -0.2) is 9.59 Å². The number of nitrogens with zero attached hydrogens (tertiary/aromatic N) is 1. The van der Waals surface area contributed by atoms with Crippen LogP contribution < -0.4 is 9.47 Å². The lowest BCUT2D eigenvalue weighted by atomic mass is 10.1. The fourth-order valence-electron chi connectivity index (χ4n) is 3.41. The first-order chi connectivity index (χ1) is 17.7. The Kier molecular flexibility index (Phi) is 13.4. The van der Waals surface area contributed by atoms with Gasteiger partial charge in [0.1, 0.15) is 18.1 Å². The number of carboxylic acids is 1. The van der Waals surface area contributed by atoms with Gasteiger partial charge in [0.15, 0.2) is 6.10 Å². The van der Waals surface area contributed by atoms with Crippen molar-refractivity contribution in [2.75, 3.05) is 32.9 Å². The van der Waals surface area contributed by atoms with Crippen molar-refractivity contribution < 1.29 is 33.6 Å². The van der Waals surface area contributed by atoms with Gasteiger partial charge in [0, 0.05) is 29.6 Å². The zero-order valence-corrected chi connectivity index (χ0v) is 23.0. The second-order valence-corrected chi connectivity index (χ2v) is 9.43. The molecule has 0 radical (unpaired) electrons. The van der Waals surface area contributed by atoms with E-state index in [0.29, 0.717) is 54.3 Å². The second kappa shape index (κ2) is 16.2. The van der Waals surface area contributed by atoms with Crippen LogP contribution in [0.5, 0.6) is 11.5 Å². The fraction of sp³-hybridized carbons (Fsp3) is 0.481. The molecule has 0 saturated carbocycles. The highest BCUT2D eigenvalue weighted by Crippen LogP contribution is 2.24. The Hall–Kier alpha value is -2.68. The van der Waals surface area contributed by atoms with Gasteiger partial charge >= 0.3 is 12.1 Å². The van der Waals surface area contributed by atoms with Gasteiger partial charge in [0.2, 0.25) is 0 Å². The minimum absolute atomic E-state index is 0.231. The molecule has 204 valence electrons. The average molecular weight is 556 g/mol. The summed E-state index contributed by atoms with van der Waals surface area (Å²) >= 11 is 12.0. The van der Waals surface area contributed by atoms with E-state index in [4.69, 9.17) is 42.1 Å². The molecule has 2 aromatic carbocycles. The lowest BCUT2D eigenvalue weighted by molar-refractivity contribution is -0.149. The van der Waals surface area contributed by atoms with Crippen molar-refractivity contribution in [2.24, 2.45) is 0 Å². The average Bonchev–Trinajstić information content (AvgIpc) is 2.82. The Morgan fingerprint density at radius 2 is 1.57 bits per heavy atom. The van der Waals surface area contributed by atoms with Crippen LogP contribution in [0.15, 0.2) is 42.5 Å². The Morgan fingerprint density at radius 1 is 0.919 bits per heavy atom. The number of benzene rings is 2. The molecule has 2 aromatic rings. The predicted molar refractivity (Wildman–Crippen MR) is 143 cm³/mol. The summed E-state index contributed by atoms with van der Waals surface area (Å²) in [6.07, 6.45) is 0.188. The van der Waals surface area contributed by atoms with E-state index in [1.54, 1.807) is 56.0 Å². The Morgan fingerprint density at radius 3 is 2.16 bits per heavy atom. The minimum atomic E-state index is -0.990. The van der Waals surface area contributed by atoms with Crippen molar-refractivity contribution in [3.63, 3.8) is 0 Å². The fourth-order valence-corrected chi connectivity index (χ4v) is 3.91. The van der Waals surface area contributed by atoms with Crippen molar-refractivity contribution >= 4 is 35.3 Å². The van der Waals surface area contributed by atoms with E-state index in [1.165, 1.54) is 0 Å². The smallest absolute Gasteiger partial charge is 0.410 e.